The van der Waals surface area contributed by atoms with E-state index in [0.717, 1.165) is 27.5 Å². The van der Waals surface area contributed by atoms with Gasteiger partial charge in [-0.2, -0.15) is 0 Å². The van der Waals surface area contributed by atoms with E-state index in [1.807, 2.05) is 24.3 Å². The van der Waals surface area contributed by atoms with Crippen molar-refractivity contribution in [3.05, 3.63) is 42.7 Å². The molecule has 3 aromatic heterocycles. The van der Waals surface area contributed by atoms with Crippen molar-refractivity contribution in [2.75, 3.05) is 0 Å². The SMILES string of the molecule is CC(=O)n1c2ccccc2c2nc3cnccc3nc21. The quantitative estimate of drug-likeness (QED) is 0.489. The molecule has 0 radical (unpaired) electrons. The van der Waals surface area contributed by atoms with Gasteiger partial charge in [0.25, 0.3) is 0 Å². The third-order valence-electron chi connectivity index (χ3n) is 3.37. The highest BCUT2D eigenvalue weighted by molar-refractivity contribution is 6.11. The van der Waals surface area contributed by atoms with Crippen LogP contribution in [0, 0.1) is 0 Å². The molecule has 20 heavy (non-hydrogen) atoms. The summed E-state index contributed by atoms with van der Waals surface area (Å²) in [6, 6.07) is 9.49. The first-order valence-electron chi connectivity index (χ1n) is 6.27. The predicted molar refractivity (Wildman–Crippen MR) is 76.6 cm³/mol. The van der Waals surface area contributed by atoms with Crippen LogP contribution < -0.4 is 0 Å². The molecule has 0 spiro atoms. The van der Waals surface area contributed by atoms with Gasteiger partial charge in [0.15, 0.2) is 5.65 Å². The van der Waals surface area contributed by atoms with Crippen molar-refractivity contribution in [1.29, 1.82) is 0 Å². The van der Waals surface area contributed by atoms with E-state index in [9.17, 15) is 4.79 Å². The van der Waals surface area contributed by atoms with Gasteiger partial charge in [-0.1, -0.05) is 18.2 Å². The number of carbonyl (C=O) groups excluding carboxylic acids is 1. The van der Waals surface area contributed by atoms with Gasteiger partial charge in [0, 0.05) is 18.5 Å². The number of hydrogen-bond donors (Lipinski definition) is 0. The highest BCUT2D eigenvalue weighted by Gasteiger charge is 2.16. The third-order valence-corrected chi connectivity index (χ3v) is 3.37. The van der Waals surface area contributed by atoms with E-state index in [1.54, 1.807) is 23.0 Å². The molecule has 4 aromatic rings. The summed E-state index contributed by atoms with van der Waals surface area (Å²) >= 11 is 0. The van der Waals surface area contributed by atoms with Crippen molar-refractivity contribution in [2.45, 2.75) is 6.92 Å². The largest absolute Gasteiger partial charge is 0.274 e. The first-order valence-corrected chi connectivity index (χ1v) is 6.27. The lowest BCUT2D eigenvalue weighted by Crippen LogP contribution is -2.06. The van der Waals surface area contributed by atoms with Crippen LogP contribution in [-0.4, -0.2) is 25.4 Å². The fourth-order valence-corrected chi connectivity index (χ4v) is 2.54. The van der Waals surface area contributed by atoms with Gasteiger partial charge in [-0.15, -0.1) is 0 Å². The second-order valence-corrected chi connectivity index (χ2v) is 4.63. The normalized spacial score (nSPS) is 11.4. The van der Waals surface area contributed by atoms with Crippen LogP contribution in [0.1, 0.15) is 11.7 Å². The lowest BCUT2D eigenvalue weighted by Gasteiger charge is -2.01. The van der Waals surface area contributed by atoms with E-state index in [0.29, 0.717) is 5.65 Å². The second kappa shape index (κ2) is 3.84. The minimum Gasteiger partial charge on any atom is -0.274 e. The van der Waals surface area contributed by atoms with Crippen molar-refractivity contribution in [3.8, 4) is 0 Å². The summed E-state index contributed by atoms with van der Waals surface area (Å²) < 4.78 is 1.61. The maximum atomic E-state index is 12.0. The minimum absolute atomic E-state index is 0.0705. The Hall–Kier alpha value is -2.82. The molecule has 3 heterocycles. The second-order valence-electron chi connectivity index (χ2n) is 4.63. The number of aromatic nitrogens is 4. The Kier molecular flexibility index (Phi) is 2.12. The molecule has 0 saturated heterocycles. The fourth-order valence-electron chi connectivity index (χ4n) is 2.54. The summed E-state index contributed by atoms with van der Waals surface area (Å²) in [5.41, 5.74) is 3.62. The summed E-state index contributed by atoms with van der Waals surface area (Å²) in [7, 11) is 0. The zero-order valence-corrected chi connectivity index (χ0v) is 10.7. The Balaban J connectivity index is 2.32. The molecular formula is C15H10N4O. The van der Waals surface area contributed by atoms with Gasteiger partial charge in [0.2, 0.25) is 5.91 Å². The van der Waals surface area contributed by atoms with Crippen LogP contribution in [0.3, 0.4) is 0 Å². The van der Waals surface area contributed by atoms with Gasteiger partial charge in [-0.05, 0) is 12.1 Å². The topological polar surface area (TPSA) is 60.7 Å². The Morgan fingerprint density at radius 2 is 1.95 bits per heavy atom. The van der Waals surface area contributed by atoms with E-state index in [2.05, 4.69) is 15.0 Å². The lowest BCUT2D eigenvalue weighted by molar-refractivity contribution is 0.0946. The molecule has 0 fully saturated rings. The van der Waals surface area contributed by atoms with Crippen LogP contribution in [0.4, 0.5) is 0 Å². The molecular weight excluding hydrogens is 252 g/mol. The molecule has 0 bridgehead atoms. The Morgan fingerprint density at radius 3 is 2.80 bits per heavy atom. The molecule has 0 aliphatic rings. The average Bonchev–Trinajstić information content (AvgIpc) is 2.78. The molecule has 5 nitrogen and oxygen atoms in total. The van der Waals surface area contributed by atoms with E-state index in [1.165, 1.54) is 6.92 Å². The first-order chi connectivity index (χ1) is 9.75. The maximum absolute atomic E-state index is 12.0. The van der Waals surface area contributed by atoms with Crippen LogP contribution in [0.15, 0.2) is 42.7 Å². The highest BCUT2D eigenvalue weighted by Crippen LogP contribution is 2.27. The maximum Gasteiger partial charge on any atom is 0.229 e. The summed E-state index contributed by atoms with van der Waals surface area (Å²) in [6.07, 6.45) is 3.35. The molecule has 0 saturated carbocycles. The van der Waals surface area contributed by atoms with Crippen LogP contribution in [0.5, 0.6) is 0 Å². The van der Waals surface area contributed by atoms with Gasteiger partial charge in [-0.25, -0.2) is 9.97 Å². The Morgan fingerprint density at radius 1 is 1.10 bits per heavy atom. The molecule has 0 aliphatic heterocycles. The van der Waals surface area contributed by atoms with Crippen molar-refractivity contribution >= 4 is 39.0 Å². The average molecular weight is 262 g/mol. The molecule has 0 unspecified atom stereocenters. The molecule has 5 heteroatoms. The standard InChI is InChI=1S/C15H10N4O/c1-9(20)19-13-5-3-2-4-10(13)14-15(19)18-11-6-7-16-8-12(11)17-14/h2-8H,1H3. The van der Waals surface area contributed by atoms with E-state index in [4.69, 9.17) is 0 Å². The summed E-state index contributed by atoms with van der Waals surface area (Å²) in [5, 5.41) is 0.927. The van der Waals surface area contributed by atoms with Crippen LogP contribution >= 0.6 is 0 Å². The number of rotatable bonds is 0. The molecule has 0 N–H and O–H groups in total. The molecule has 4 rings (SSSR count). The van der Waals surface area contributed by atoms with E-state index in [-0.39, 0.29) is 5.91 Å². The lowest BCUT2D eigenvalue weighted by atomic mass is 10.2. The molecule has 0 atom stereocenters. The smallest absolute Gasteiger partial charge is 0.229 e. The monoisotopic (exact) mass is 262 g/mol. The number of fused-ring (bicyclic) bond motifs is 4. The summed E-state index contributed by atoms with van der Waals surface area (Å²) in [6.45, 7) is 1.53. The van der Waals surface area contributed by atoms with Gasteiger partial charge in [0.1, 0.15) is 11.0 Å². The molecule has 1 aromatic carbocycles. The molecule has 0 aliphatic carbocycles. The Bertz CT molecular complexity index is 987. The number of para-hydroxylation sites is 1. The van der Waals surface area contributed by atoms with Crippen molar-refractivity contribution < 1.29 is 4.79 Å². The minimum atomic E-state index is -0.0705. The molecule has 96 valence electrons. The van der Waals surface area contributed by atoms with E-state index < -0.39 is 0 Å². The number of carbonyl (C=O) groups is 1. The van der Waals surface area contributed by atoms with Crippen molar-refractivity contribution in [2.24, 2.45) is 0 Å². The van der Waals surface area contributed by atoms with Crippen molar-refractivity contribution in [3.63, 3.8) is 0 Å². The van der Waals surface area contributed by atoms with Crippen LogP contribution in [0.2, 0.25) is 0 Å². The number of nitrogens with zero attached hydrogens (tertiary/aromatic N) is 4. The fraction of sp³-hybridized carbons (Fsp3) is 0.0667. The van der Waals surface area contributed by atoms with E-state index >= 15 is 0 Å². The number of hydrogen-bond acceptors (Lipinski definition) is 4. The number of benzene rings is 1. The highest BCUT2D eigenvalue weighted by atomic mass is 16.1. The zero-order valence-electron chi connectivity index (χ0n) is 10.7. The van der Waals surface area contributed by atoms with Crippen LogP contribution in [-0.2, 0) is 0 Å². The number of pyridine rings is 1. The van der Waals surface area contributed by atoms with Gasteiger partial charge in [0.05, 0.1) is 17.2 Å². The van der Waals surface area contributed by atoms with Gasteiger partial charge in [-0.3, -0.25) is 14.3 Å². The van der Waals surface area contributed by atoms with Crippen LogP contribution in [0.25, 0.3) is 33.1 Å². The first kappa shape index (κ1) is 11.0. The molecule has 0 amide bonds. The third kappa shape index (κ3) is 1.37. The van der Waals surface area contributed by atoms with Crippen molar-refractivity contribution in [1.82, 2.24) is 19.5 Å². The Labute approximate surface area is 113 Å². The summed E-state index contributed by atoms with van der Waals surface area (Å²) in [4.78, 5) is 25.2. The van der Waals surface area contributed by atoms with Gasteiger partial charge >= 0.3 is 0 Å². The zero-order chi connectivity index (χ0) is 13.7. The summed E-state index contributed by atoms with van der Waals surface area (Å²) in [5.74, 6) is -0.0705. The van der Waals surface area contributed by atoms with Gasteiger partial charge < -0.3 is 0 Å². The predicted octanol–water partition coefficient (Wildman–Crippen LogP) is 2.79.